The molecule has 27 heavy (non-hydrogen) atoms. The monoisotopic (exact) mass is 368 g/mol. The number of pyridine rings is 1. The number of nitrogens with zero attached hydrogens (tertiary/aromatic N) is 3. The van der Waals surface area contributed by atoms with Crippen LogP contribution in [0.4, 0.5) is 4.39 Å². The van der Waals surface area contributed by atoms with Crippen molar-refractivity contribution in [2.24, 2.45) is 13.0 Å². The molecule has 1 aromatic carbocycles. The van der Waals surface area contributed by atoms with Gasteiger partial charge in [0.25, 0.3) is 5.91 Å². The van der Waals surface area contributed by atoms with Crippen molar-refractivity contribution in [3.05, 3.63) is 59.3 Å². The van der Waals surface area contributed by atoms with Crippen molar-refractivity contribution in [2.75, 3.05) is 0 Å². The van der Waals surface area contributed by atoms with Crippen LogP contribution in [0.5, 0.6) is 0 Å². The Morgan fingerprint density at radius 2 is 2.15 bits per heavy atom. The second kappa shape index (κ2) is 6.74. The first-order chi connectivity index (χ1) is 12.9. The summed E-state index contributed by atoms with van der Waals surface area (Å²) in [6, 6.07) is 5.72. The van der Waals surface area contributed by atoms with Crippen molar-refractivity contribution >= 4 is 16.8 Å². The summed E-state index contributed by atoms with van der Waals surface area (Å²) >= 11 is 0. The molecule has 0 radical (unpaired) electrons. The summed E-state index contributed by atoms with van der Waals surface area (Å²) in [5.74, 6) is -0.476. The molecule has 1 aliphatic rings. The average Bonchev–Trinajstić information content (AvgIpc) is 3.02. The molecule has 4 rings (SSSR count). The van der Waals surface area contributed by atoms with Crippen molar-refractivity contribution < 1.29 is 14.3 Å². The maximum atomic E-state index is 13.6. The van der Waals surface area contributed by atoms with E-state index in [0.29, 0.717) is 35.0 Å². The summed E-state index contributed by atoms with van der Waals surface area (Å²) in [5, 5.41) is 17.6. The van der Waals surface area contributed by atoms with E-state index in [0.717, 1.165) is 5.56 Å². The van der Waals surface area contributed by atoms with Crippen LogP contribution >= 0.6 is 0 Å². The van der Waals surface area contributed by atoms with Gasteiger partial charge < -0.3 is 10.4 Å². The van der Waals surface area contributed by atoms with E-state index in [9.17, 15) is 14.3 Å². The minimum atomic E-state index is -0.386. The van der Waals surface area contributed by atoms with Crippen LogP contribution in [-0.2, 0) is 7.05 Å². The van der Waals surface area contributed by atoms with Crippen LogP contribution in [0.2, 0.25) is 0 Å². The predicted molar refractivity (Wildman–Crippen MR) is 98.6 cm³/mol. The Hall–Kier alpha value is -2.80. The third kappa shape index (κ3) is 3.42. The number of aliphatic hydroxyl groups is 1. The van der Waals surface area contributed by atoms with Gasteiger partial charge in [-0.1, -0.05) is 0 Å². The Kier molecular flexibility index (Phi) is 4.39. The highest BCUT2D eigenvalue weighted by Crippen LogP contribution is 2.38. The smallest absolute Gasteiger partial charge is 0.252 e. The third-order valence-electron chi connectivity index (χ3n) is 5.14. The molecule has 0 spiro atoms. The Morgan fingerprint density at radius 3 is 2.81 bits per heavy atom. The molecule has 140 valence electrons. The Morgan fingerprint density at radius 1 is 1.37 bits per heavy atom. The number of hydrogen-bond acceptors (Lipinski definition) is 4. The molecule has 1 amide bonds. The first-order valence-electron chi connectivity index (χ1n) is 8.95. The van der Waals surface area contributed by atoms with E-state index in [1.807, 2.05) is 13.2 Å². The topological polar surface area (TPSA) is 80.0 Å². The maximum Gasteiger partial charge on any atom is 0.252 e. The zero-order chi connectivity index (χ0) is 19.1. The van der Waals surface area contributed by atoms with Gasteiger partial charge in [0, 0.05) is 36.0 Å². The normalized spacial score (nSPS) is 20.3. The lowest BCUT2D eigenvalue weighted by molar-refractivity contribution is 0.0235. The van der Waals surface area contributed by atoms with E-state index in [1.165, 1.54) is 12.1 Å². The molecular formula is C20H21FN4O2. The van der Waals surface area contributed by atoms with E-state index in [-0.39, 0.29) is 29.8 Å². The fourth-order valence-corrected chi connectivity index (χ4v) is 3.72. The lowest BCUT2D eigenvalue weighted by Crippen LogP contribution is -2.41. The number of aliphatic hydroxyl groups excluding tert-OH is 1. The molecule has 0 unspecified atom stereocenters. The molecule has 1 aliphatic carbocycles. The van der Waals surface area contributed by atoms with Crippen molar-refractivity contribution in [3.63, 3.8) is 0 Å². The summed E-state index contributed by atoms with van der Waals surface area (Å²) in [7, 11) is 1.83. The quantitative estimate of drug-likeness (QED) is 0.742. The van der Waals surface area contributed by atoms with Crippen LogP contribution in [-0.4, -0.2) is 31.9 Å². The van der Waals surface area contributed by atoms with Crippen LogP contribution in [0.1, 0.15) is 40.5 Å². The van der Waals surface area contributed by atoms with Crippen LogP contribution in [0.3, 0.4) is 0 Å². The highest BCUT2D eigenvalue weighted by atomic mass is 19.1. The van der Waals surface area contributed by atoms with Crippen LogP contribution < -0.4 is 5.32 Å². The minimum Gasteiger partial charge on any atom is -0.393 e. The number of carbonyl (C=O) groups is 1. The second-order valence-corrected chi connectivity index (χ2v) is 7.26. The van der Waals surface area contributed by atoms with E-state index in [4.69, 9.17) is 0 Å². The molecule has 2 N–H and O–H groups in total. The van der Waals surface area contributed by atoms with E-state index < -0.39 is 0 Å². The number of carbonyl (C=O) groups excluding carboxylic acids is 1. The number of benzene rings is 1. The molecule has 1 saturated carbocycles. The molecule has 3 aromatic rings. The van der Waals surface area contributed by atoms with Gasteiger partial charge in [0.05, 0.1) is 29.4 Å². The van der Waals surface area contributed by atoms with Gasteiger partial charge in [0.2, 0.25) is 0 Å². The van der Waals surface area contributed by atoms with Crippen molar-refractivity contribution in [1.29, 1.82) is 0 Å². The fourth-order valence-electron chi connectivity index (χ4n) is 3.72. The van der Waals surface area contributed by atoms with Gasteiger partial charge in [-0.05, 0) is 43.9 Å². The molecule has 6 nitrogen and oxygen atoms in total. The molecule has 1 fully saturated rings. The number of rotatable bonds is 4. The van der Waals surface area contributed by atoms with Crippen molar-refractivity contribution in [1.82, 2.24) is 20.1 Å². The molecule has 2 aromatic heterocycles. The predicted octanol–water partition coefficient (Wildman–Crippen LogP) is 2.66. The number of hydrogen-bond donors (Lipinski definition) is 2. The van der Waals surface area contributed by atoms with Gasteiger partial charge in [-0.15, -0.1) is 0 Å². The number of fused-ring (bicyclic) bond motifs is 1. The lowest BCUT2D eigenvalue weighted by Gasteiger charge is -2.37. The van der Waals surface area contributed by atoms with E-state index in [2.05, 4.69) is 15.4 Å². The van der Waals surface area contributed by atoms with Gasteiger partial charge in [-0.25, -0.2) is 4.39 Å². The van der Waals surface area contributed by atoms with Gasteiger partial charge in [0.15, 0.2) is 0 Å². The molecule has 0 aliphatic heterocycles. The summed E-state index contributed by atoms with van der Waals surface area (Å²) in [4.78, 5) is 17.4. The third-order valence-corrected chi connectivity index (χ3v) is 5.14. The second-order valence-electron chi connectivity index (χ2n) is 7.26. The number of aromatic nitrogens is 3. The molecular weight excluding hydrogens is 347 g/mol. The van der Waals surface area contributed by atoms with E-state index in [1.54, 1.807) is 29.9 Å². The van der Waals surface area contributed by atoms with Crippen LogP contribution in [0.25, 0.3) is 10.9 Å². The summed E-state index contributed by atoms with van der Waals surface area (Å²) in [6.07, 6.45) is 4.57. The average molecular weight is 368 g/mol. The van der Waals surface area contributed by atoms with Gasteiger partial charge >= 0.3 is 0 Å². The minimum absolute atomic E-state index is 0.153. The molecule has 2 heterocycles. The van der Waals surface area contributed by atoms with Gasteiger partial charge in [-0.3, -0.25) is 14.5 Å². The Labute approximate surface area is 156 Å². The first-order valence-corrected chi connectivity index (χ1v) is 8.95. The highest BCUT2D eigenvalue weighted by Gasteiger charge is 2.36. The standard InChI is InChI=1S/C20H21FN4O2/c1-11-5-17(16-4-3-14(21)8-18(16)23-11)20(27)24-19(12-6-15(26)7-12)13-9-22-25(2)10-13/h3-5,8-10,12,15,19,26H,6-7H2,1-2H3,(H,24,27)/t12?,15?,19-/m1/s1. The number of nitrogens with one attached hydrogen (secondary N) is 1. The maximum absolute atomic E-state index is 13.6. The molecule has 7 heteroatoms. The summed E-state index contributed by atoms with van der Waals surface area (Å²) < 4.78 is 15.3. The van der Waals surface area contributed by atoms with Crippen LogP contribution in [0.15, 0.2) is 36.7 Å². The first kappa shape index (κ1) is 17.6. The molecule has 0 bridgehead atoms. The Bertz CT molecular complexity index is 1010. The van der Waals surface area contributed by atoms with E-state index >= 15 is 0 Å². The lowest BCUT2D eigenvalue weighted by atomic mass is 9.75. The molecule has 0 saturated heterocycles. The summed E-state index contributed by atoms with van der Waals surface area (Å²) in [6.45, 7) is 1.78. The van der Waals surface area contributed by atoms with Crippen molar-refractivity contribution in [2.45, 2.75) is 31.9 Å². The zero-order valence-corrected chi connectivity index (χ0v) is 15.2. The van der Waals surface area contributed by atoms with Crippen LogP contribution in [0, 0.1) is 18.7 Å². The summed E-state index contributed by atoms with van der Waals surface area (Å²) in [5.41, 5.74) is 2.47. The molecule has 1 atom stereocenters. The van der Waals surface area contributed by atoms with Gasteiger partial charge in [0.1, 0.15) is 5.82 Å². The number of halogens is 1. The zero-order valence-electron chi connectivity index (χ0n) is 15.2. The SMILES string of the molecule is Cc1cc(C(=O)N[C@@H](c2cnn(C)c2)C2CC(O)C2)c2ccc(F)cc2n1. The van der Waals surface area contributed by atoms with Crippen molar-refractivity contribution in [3.8, 4) is 0 Å². The number of aryl methyl sites for hydroxylation is 2. The highest BCUT2D eigenvalue weighted by molar-refractivity contribution is 6.06. The largest absolute Gasteiger partial charge is 0.393 e. The fraction of sp³-hybridized carbons (Fsp3) is 0.350. The van der Waals surface area contributed by atoms with Gasteiger partial charge in [-0.2, -0.15) is 5.10 Å². The Balaban J connectivity index is 1.68. The number of amides is 1.